The van der Waals surface area contributed by atoms with E-state index in [1.165, 1.54) is 20.8 Å². The smallest absolute Gasteiger partial charge is 0.303 e. The van der Waals surface area contributed by atoms with E-state index in [2.05, 4.69) is 10.6 Å². The van der Waals surface area contributed by atoms with E-state index in [1.54, 1.807) is 6.92 Å². The number of esters is 1. The molecule has 2 amide bonds. The number of amides is 2. The summed E-state index contributed by atoms with van der Waals surface area (Å²) in [5.41, 5.74) is 0.934. The van der Waals surface area contributed by atoms with E-state index in [-0.39, 0.29) is 18.4 Å². The van der Waals surface area contributed by atoms with Crippen LogP contribution in [0.25, 0.3) is 0 Å². The van der Waals surface area contributed by atoms with Crippen molar-refractivity contribution in [3.8, 4) is 0 Å². The summed E-state index contributed by atoms with van der Waals surface area (Å²) in [4.78, 5) is 34.9. The van der Waals surface area contributed by atoms with E-state index in [1.807, 2.05) is 30.3 Å². The molecule has 8 nitrogen and oxygen atoms in total. The van der Waals surface area contributed by atoms with Crippen molar-refractivity contribution in [2.45, 2.75) is 64.9 Å². The van der Waals surface area contributed by atoms with Crippen LogP contribution in [0.2, 0.25) is 0 Å². The molecule has 0 aliphatic carbocycles. The summed E-state index contributed by atoms with van der Waals surface area (Å²) in [6, 6.07) is 8.10. The van der Waals surface area contributed by atoms with Crippen molar-refractivity contribution >= 4 is 17.8 Å². The molecule has 1 fully saturated rings. The molecule has 0 bridgehead atoms. The van der Waals surface area contributed by atoms with E-state index in [9.17, 15) is 14.4 Å². The Hall–Kier alpha value is -2.45. The molecular weight excluding hydrogens is 352 g/mol. The van der Waals surface area contributed by atoms with Crippen molar-refractivity contribution in [2.75, 3.05) is 0 Å². The molecule has 1 heterocycles. The van der Waals surface area contributed by atoms with Crippen molar-refractivity contribution in [1.29, 1.82) is 0 Å². The van der Waals surface area contributed by atoms with Gasteiger partial charge in [0.1, 0.15) is 12.1 Å². The standard InChI is InChI=1S/C19H26N2O6/c1-11-16(20-12(2)22)18(27-14(4)24)17(21-13(3)23)19(26-11)25-10-15-8-6-5-7-9-15/h5-9,11,16-19H,10H2,1-4H3,(H,20,22)(H,21,23)/t11-,16-,17+,18+,19+/m0/s1. The highest BCUT2D eigenvalue weighted by Crippen LogP contribution is 2.25. The Kier molecular flexibility index (Phi) is 7.32. The predicted octanol–water partition coefficient (Wildman–Crippen LogP) is 0.889. The zero-order valence-corrected chi connectivity index (χ0v) is 15.9. The molecule has 27 heavy (non-hydrogen) atoms. The maximum absolute atomic E-state index is 11.7. The topological polar surface area (TPSA) is 103 Å². The van der Waals surface area contributed by atoms with E-state index >= 15 is 0 Å². The van der Waals surface area contributed by atoms with Crippen molar-refractivity contribution in [3.63, 3.8) is 0 Å². The highest BCUT2D eigenvalue weighted by Gasteiger charge is 2.47. The second-order valence-corrected chi connectivity index (χ2v) is 6.53. The molecule has 2 N–H and O–H groups in total. The van der Waals surface area contributed by atoms with E-state index in [0.29, 0.717) is 0 Å². The Labute approximate surface area is 158 Å². The Morgan fingerprint density at radius 3 is 2.15 bits per heavy atom. The van der Waals surface area contributed by atoms with Gasteiger partial charge in [-0.2, -0.15) is 0 Å². The normalized spacial score (nSPS) is 27.5. The van der Waals surface area contributed by atoms with Crippen molar-refractivity contribution in [2.24, 2.45) is 0 Å². The van der Waals surface area contributed by atoms with Gasteiger partial charge in [-0.25, -0.2) is 0 Å². The molecule has 0 aromatic heterocycles. The highest BCUT2D eigenvalue weighted by atomic mass is 16.7. The average Bonchev–Trinajstić information content (AvgIpc) is 2.59. The van der Waals surface area contributed by atoms with Gasteiger partial charge in [0.25, 0.3) is 0 Å². The fourth-order valence-electron chi connectivity index (χ4n) is 3.08. The lowest BCUT2D eigenvalue weighted by molar-refractivity contribution is -0.245. The number of carbonyl (C=O) groups is 3. The zero-order valence-electron chi connectivity index (χ0n) is 15.9. The minimum absolute atomic E-state index is 0.256. The first-order valence-corrected chi connectivity index (χ1v) is 8.80. The SMILES string of the molecule is CC(=O)N[C@@H]1[C@@H](OC(C)=O)[C@@H](NC(C)=O)[C@H](OCc2ccccc2)O[C@H]1C. The molecule has 0 unspecified atom stereocenters. The van der Waals surface area contributed by atoms with Crippen LogP contribution in [0.1, 0.15) is 33.3 Å². The Bertz CT molecular complexity index is 665. The molecule has 5 atom stereocenters. The first-order chi connectivity index (χ1) is 12.8. The first-order valence-electron chi connectivity index (χ1n) is 8.80. The third-order valence-corrected chi connectivity index (χ3v) is 4.15. The molecule has 0 saturated carbocycles. The minimum Gasteiger partial charge on any atom is -0.458 e. The summed E-state index contributed by atoms with van der Waals surface area (Å²) in [6.07, 6.45) is -2.18. The molecule has 1 aromatic rings. The van der Waals surface area contributed by atoms with E-state index in [0.717, 1.165) is 5.56 Å². The molecule has 1 aliphatic heterocycles. The average molecular weight is 378 g/mol. The van der Waals surface area contributed by atoms with Crippen LogP contribution in [0.4, 0.5) is 0 Å². The maximum atomic E-state index is 11.7. The zero-order chi connectivity index (χ0) is 20.0. The van der Waals surface area contributed by atoms with E-state index in [4.69, 9.17) is 14.2 Å². The number of ether oxygens (including phenoxy) is 3. The third-order valence-electron chi connectivity index (χ3n) is 4.15. The van der Waals surface area contributed by atoms with Crippen LogP contribution >= 0.6 is 0 Å². The fourth-order valence-corrected chi connectivity index (χ4v) is 3.08. The molecule has 148 valence electrons. The largest absolute Gasteiger partial charge is 0.458 e. The minimum atomic E-state index is -0.849. The van der Waals surface area contributed by atoms with Crippen LogP contribution in [0.3, 0.4) is 0 Å². The van der Waals surface area contributed by atoms with Crippen LogP contribution in [-0.2, 0) is 35.2 Å². The summed E-state index contributed by atoms with van der Waals surface area (Å²) in [6.45, 7) is 6.00. The predicted molar refractivity (Wildman–Crippen MR) is 96.3 cm³/mol. The van der Waals surface area contributed by atoms with Crippen molar-refractivity contribution < 1.29 is 28.6 Å². The molecule has 0 radical (unpaired) electrons. The van der Waals surface area contributed by atoms with Gasteiger partial charge in [0.15, 0.2) is 6.29 Å². The van der Waals surface area contributed by atoms with Crippen molar-refractivity contribution in [3.05, 3.63) is 35.9 Å². The number of nitrogens with one attached hydrogen (secondary N) is 2. The van der Waals surface area contributed by atoms with E-state index < -0.39 is 36.6 Å². The van der Waals surface area contributed by atoms with Gasteiger partial charge >= 0.3 is 5.97 Å². The summed E-state index contributed by atoms with van der Waals surface area (Å²) < 4.78 is 17.2. The van der Waals surface area contributed by atoms with Crippen LogP contribution < -0.4 is 10.6 Å². The lowest BCUT2D eigenvalue weighted by atomic mass is 9.94. The summed E-state index contributed by atoms with van der Waals surface area (Å²) >= 11 is 0. The van der Waals surface area contributed by atoms with Crippen LogP contribution in [0.15, 0.2) is 30.3 Å². The fraction of sp³-hybridized carbons (Fsp3) is 0.526. The summed E-state index contributed by atoms with van der Waals surface area (Å²) in [7, 11) is 0. The van der Waals surface area contributed by atoms with Gasteiger partial charge in [0.2, 0.25) is 11.8 Å². The maximum Gasteiger partial charge on any atom is 0.303 e. The monoisotopic (exact) mass is 378 g/mol. The first kappa shape index (κ1) is 20.9. The number of benzene rings is 1. The number of carbonyl (C=O) groups excluding carboxylic acids is 3. The Morgan fingerprint density at radius 1 is 1.00 bits per heavy atom. The highest BCUT2D eigenvalue weighted by molar-refractivity contribution is 5.74. The summed E-state index contributed by atoms with van der Waals surface area (Å²) in [5, 5.41) is 5.47. The molecule has 1 saturated heterocycles. The molecule has 2 rings (SSSR count). The van der Waals surface area contributed by atoms with Gasteiger partial charge < -0.3 is 24.8 Å². The quantitative estimate of drug-likeness (QED) is 0.713. The number of hydrogen-bond acceptors (Lipinski definition) is 6. The van der Waals surface area contributed by atoms with Gasteiger partial charge in [0, 0.05) is 20.8 Å². The van der Waals surface area contributed by atoms with Gasteiger partial charge in [-0.1, -0.05) is 30.3 Å². The molecule has 1 aliphatic rings. The number of hydrogen-bond donors (Lipinski definition) is 2. The molecule has 8 heteroatoms. The van der Waals surface area contributed by atoms with Crippen molar-refractivity contribution in [1.82, 2.24) is 10.6 Å². The Morgan fingerprint density at radius 2 is 1.59 bits per heavy atom. The third kappa shape index (κ3) is 6.04. The van der Waals surface area contributed by atoms with Gasteiger partial charge in [-0.05, 0) is 12.5 Å². The second kappa shape index (κ2) is 9.48. The lowest BCUT2D eigenvalue weighted by Gasteiger charge is -2.45. The van der Waals surface area contributed by atoms with Gasteiger partial charge in [0.05, 0.1) is 18.8 Å². The molecule has 0 spiro atoms. The Balaban J connectivity index is 2.24. The van der Waals surface area contributed by atoms with Crippen LogP contribution in [0, 0.1) is 0 Å². The molecular formula is C19H26N2O6. The van der Waals surface area contributed by atoms with Gasteiger partial charge in [-0.3, -0.25) is 14.4 Å². The lowest BCUT2D eigenvalue weighted by Crippen LogP contribution is -2.68. The summed E-state index contributed by atoms with van der Waals surface area (Å²) in [5.74, 6) is -1.15. The van der Waals surface area contributed by atoms with Gasteiger partial charge in [-0.15, -0.1) is 0 Å². The molecule has 1 aromatic carbocycles. The van der Waals surface area contributed by atoms with Crippen LogP contribution in [-0.4, -0.2) is 48.4 Å². The number of rotatable bonds is 6. The van der Waals surface area contributed by atoms with Crippen LogP contribution in [0.5, 0.6) is 0 Å². The second-order valence-electron chi connectivity index (χ2n) is 6.53.